The fourth-order valence-corrected chi connectivity index (χ4v) is 2.95. The van der Waals surface area contributed by atoms with E-state index in [9.17, 15) is 0 Å². The highest BCUT2D eigenvalue weighted by molar-refractivity contribution is 5.86. The lowest BCUT2D eigenvalue weighted by Crippen LogP contribution is -2.46. The minimum Gasteiger partial charge on any atom is -0.411 e. The van der Waals surface area contributed by atoms with Gasteiger partial charge in [0.15, 0.2) is 0 Å². The Morgan fingerprint density at radius 3 is 2.23 bits per heavy atom. The van der Waals surface area contributed by atoms with Gasteiger partial charge in [-0.1, -0.05) is 5.16 Å². The third kappa shape index (κ3) is 1.46. The van der Waals surface area contributed by atoms with Crippen molar-refractivity contribution < 1.29 is 5.21 Å². The second-order valence-electron chi connectivity index (χ2n) is 4.50. The molecular weight excluding hydrogens is 164 g/mol. The van der Waals surface area contributed by atoms with Gasteiger partial charge < -0.3 is 5.21 Å². The first-order valence-corrected chi connectivity index (χ1v) is 5.19. The number of nitrogens with zero attached hydrogens (tertiary/aromatic N) is 2. The maximum absolute atomic E-state index is 8.75. The van der Waals surface area contributed by atoms with Gasteiger partial charge in [-0.3, -0.25) is 4.90 Å². The van der Waals surface area contributed by atoms with Crippen LogP contribution in [0.25, 0.3) is 0 Å². The zero-order valence-corrected chi connectivity index (χ0v) is 8.40. The molecule has 0 aliphatic carbocycles. The molecule has 74 valence electrons. The molecule has 0 aromatic rings. The number of piperidine rings is 1. The summed E-state index contributed by atoms with van der Waals surface area (Å²) in [7, 11) is 0. The van der Waals surface area contributed by atoms with Gasteiger partial charge in [-0.15, -0.1) is 0 Å². The van der Waals surface area contributed by atoms with Crippen molar-refractivity contribution in [1.29, 1.82) is 0 Å². The van der Waals surface area contributed by atoms with Crippen LogP contribution in [0.2, 0.25) is 0 Å². The van der Waals surface area contributed by atoms with Gasteiger partial charge in [0, 0.05) is 31.0 Å². The van der Waals surface area contributed by atoms with Crippen molar-refractivity contribution in [2.24, 2.45) is 5.16 Å². The van der Waals surface area contributed by atoms with E-state index in [4.69, 9.17) is 5.21 Å². The first-order chi connectivity index (χ1) is 6.22. The van der Waals surface area contributed by atoms with E-state index in [1.165, 1.54) is 12.8 Å². The third-order valence-electron chi connectivity index (χ3n) is 3.36. The Balaban J connectivity index is 2.13. The van der Waals surface area contributed by atoms with E-state index >= 15 is 0 Å². The van der Waals surface area contributed by atoms with E-state index in [2.05, 4.69) is 23.9 Å². The molecule has 0 amide bonds. The second-order valence-corrected chi connectivity index (χ2v) is 4.50. The summed E-state index contributed by atoms with van der Waals surface area (Å²) in [5.74, 6) is 0. The quantitative estimate of drug-likeness (QED) is 0.496. The van der Waals surface area contributed by atoms with Crippen molar-refractivity contribution >= 4 is 5.71 Å². The smallest absolute Gasteiger partial charge is 0.0601 e. The van der Waals surface area contributed by atoms with Crippen LogP contribution in [0, 0.1) is 0 Å². The van der Waals surface area contributed by atoms with Gasteiger partial charge in [-0.25, -0.2) is 0 Å². The Hall–Kier alpha value is -0.570. The van der Waals surface area contributed by atoms with Gasteiger partial charge in [0.1, 0.15) is 0 Å². The van der Waals surface area contributed by atoms with E-state index < -0.39 is 0 Å². The molecule has 2 unspecified atom stereocenters. The van der Waals surface area contributed by atoms with Gasteiger partial charge in [-0.2, -0.15) is 0 Å². The molecule has 0 saturated carbocycles. The number of hydrogen-bond donors (Lipinski definition) is 1. The van der Waals surface area contributed by atoms with E-state index in [0.29, 0.717) is 18.1 Å². The molecule has 2 atom stereocenters. The molecule has 0 aromatic heterocycles. The molecule has 2 fully saturated rings. The van der Waals surface area contributed by atoms with Crippen LogP contribution in [0.1, 0.15) is 39.5 Å². The van der Waals surface area contributed by atoms with Crippen LogP contribution in [0.15, 0.2) is 5.16 Å². The maximum Gasteiger partial charge on any atom is 0.0601 e. The summed E-state index contributed by atoms with van der Waals surface area (Å²) >= 11 is 0. The van der Waals surface area contributed by atoms with Gasteiger partial charge in [-0.05, 0) is 26.7 Å². The predicted molar refractivity (Wildman–Crippen MR) is 52.2 cm³/mol. The molecular formula is C10H18N2O. The lowest BCUT2D eigenvalue weighted by atomic mass is 9.99. The highest BCUT2D eigenvalue weighted by Crippen LogP contribution is 2.35. The van der Waals surface area contributed by atoms with Crippen molar-refractivity contribution in [3.63, 3.8) is 0 Å². The van der Waals surface area contributed by atoms with Crippen molar-refractivity contribution in [3.05, 3.63) is 0 Å². The van der Waals surface area contributed by atoms with Gasteiger partial charge >= 0.3 is 0 Å². The summed E-state index contributed by atoms with van der Waals surface area (Å²) in [6.07, 6.45) is 4.51. The van der Waals surface area contributed by atoms with Crippen LogP contribution in [-0.2, 0) is 0 Å². The minimum atomic E-state index is 0.637. The monoisotopic (exact) mass is 182 g/mol. The maximum atomic E-state index is 8.75. The van der Waals surface area contributed by atoms with Crippen LogP contribution >= 0.6 is 0 Å². The Morgan fingerprint density at radius 2 is 1.85 bits per heavy atom. The third-order valence-corrected chi connectivity index (χ3v) is 3.36. The van der Waals surface area contributed by atoms with Gasteiger partial charge in [0.25, 0.3) is 0 Å². The summed E-state index contributed by atoms with van der Waals surface area (Å²) in [6.45, 7) is 4.51. The molecule has 3 heteroatoms. The summed E-state index contributed by atoms with van der Waals surface area (Å²) in [6, 6.07) is 1.92. The van der Waals surface area contributed by atoms with Crippen LogP contribution in [-0.4, -0.2) is 33.9 Å². The zero-order valence-electron chi connectivity index (χ0n) is 8.40. The number of rotatable bonds is 1. The van der Waals surface area contributed by atoms with Crippen LogP contribution in [0.4, 0.5) is 0 Å². The topological polar surface area (TPSA) is 35.8 Å². The lowest BCUT2D eigenvalue weighted by molar-refractivity contribution is 0.138. The summed E-state index contributed by atoms with van der Waals surface area (Å²) in [5, 5.41) is 12.1. The molecule has 2 aliphatic heterocycles. The predicted octanol–water partition coefficient (Wildman–Crippen LogP) is 1.85. The Morgan fingerprint density at radius 1 is 1.31 bits per heavy atom. The molecule has 0 radical (unpaired) electrons. The molecule has 2 rings (SSSR count). The van der Waals surface area contributed by atoms with Gasteiger partial charge in [0.2, 0.25) is 0 Å². The molecule has 3 nitrogen and oxygen atoms in total. The fraction of sp³-hybridized carbons (Fsp3) is 0.900. The largest absolute Gasteiger partial charge is 0.411 e. The van der Waals surface area contributed by atoms with Crippen LogP contribution in [0.3, 0.4) is 0 Å². The summed E-state index contributed by atoms with van der Waals surface area (Å²) in [5.41, 5.74) is 1.00. The average molecular weight is 182 g/mol. The Kier molecular flexibility index (Phi) is 2.28. The first-order valence-electron chi connectivity index (χ1n) is 5.19. The average Bonchev–Trinajstić information content (AvgIpc) is 2.37. The molecule has 2 heterocycles. The molecule has 13 heavy (non-hydrogen) atoms. The van der Waals surface area contributed by atoms with E-state index in [0.717, 1.165) is 18.6 Å². The molecule has 2 saturated heterocycles. The highest BCUT2D eigenvalue weighted by atomic mass is 16.4. The molecule has 0 spiro atoms. The highest BCUT2D eigenvalue weighted by Gasteiger charge is 2.40. The first kappa shape index (κ1) is 9.00. The SMILES string of the molecule is CC(C)N1C2CCC1CC(=NO)C2. The van der Waals surface area contributed by atoms with Crippen molar-refractivity contribution in [2.75, 3.05) is 0 Å². The minimum absolute atomic E-state index is 0.637. The molecule has 2 aliphatic rings. The van der Waals surface area contributed by atoms with Crippen molar-refractivity contribution in [1.82, 2.24) is 4.90 Å². The molecule has 0 aromatic carbocycles. The Bertz CT molecular complexity index is 209. The van der Waals surface area contributed by atoms with E-state index in [1.807, 2.05) is 0 Å². The number of hydrogen-bond acceptors (Lipinski definition) is 3. The Labute approximate surface area is 79.4 Å². The standard InChI is InChI=1S/C10H18N2O/c1-7(2)12-9-3-4-10(12)6-8(5-9)11-13/h7,9-10,13H,3-6H2,1-2H3. The van der Waals surface area contributed by atoms with Crippen molar-refractivity contribution in [3.8, 4) is 0 Å². The molecule has 2 bridgehead atoms. The van der Waals surface area contributed by atoms with Crippen LogP contribution < -0.4 is 0 Å². The number of oxime groups is 1. The van der Waals surface area contributed by atoms with Gasteiger partial charge in [0.05, 0.1) is 5.71 Å². The normalized spacial score (nSPS) is 34.2. The summed E-state index contributed by atoms with van der Waals surface area (Å²) in [4.78, 5) is 2.59. The fourth-order valence-electron chi connectivity index (χ4n) is 2.95. The molecule has 1 N–H and O–H groups in total. The van der Waals surface area contributed by atoms with Crippen molar-refractivity contribution in [2.45, 2.75) is 57.7 Å². The van der Waals surface area contributed by atoms with Crippen LogP contribution in [0.5, 0.6) is 0 Å². The lowest BCUT2D eigenvalue weighted by Gasteiger charge is -2.37. The van der Waals surface area contributed by atoms with E-state index in [-0.39, 0.29) is 0 Å². The zero-order chi connectivity index (χ0) is 9.42. The summed E-state index contributed by atoms with van der Waals surface area (Å²) < 4.78 is 0. The second kappa shape index (κ2) is 3.29. The number of fused-ring (bicyclic) bond motifs is 2. The van der Waals surface area contributed by atoms with E-state index in [1.54, 1.807) is 0 Å².